The van der Waals surface area contributed by atoms with Gasteiger partial charge in [-0.3, -0.25) is 9.80 Å². The van der Waals surface area contributed by atoms with E-state index in [1.807, 2.05) is 54.6 Å². The summed E-state index contributed by atoms with van der Waals surface area (Å²) in [5.41, 5.74) is 3.40. The molecule has 0 spiro atoms. The van der Waals surface area contributed by atoms with E-state index in [0.717, 1.165) is 43.9 Å². The van der Waals surface area contributed by atoms with Gasteiger partial charge in [0.25, 0.3) is 0 Å². The van der Waals surface area contributed by atoms with E-state index in [4.69, 9.17) is 0 Å². The number of aliphatic hydroxyl groups excluding tert-OH is 1. The summed E-state index contributed by atoms with van der Waals surface area (Å²) in [6, 6.07) is 30.6. The molecule has 5 heteroatoms. The third-order valence-electron chi connectivity index (χ3n) is 6.32. The fourth-order valence-corrected chi connectivity index (χ4v) is 6.13. The highest BCUT2D eigenvalue weighted by atomic mass is 32.2. The molecule has 2 unspecified atom stereocenters. The standard InChI is InChI=1S/C28H34N2O2S/c31-27(22-24-10-4-1-5-11-24)23-30-18-16-29(17-19-30)20-21-33(32)28(25-12-6-2-7-13-25)26-14-8-3-9-15-26/h1-15,27-28,31H,16-23H2. The lowest BCUT2D eigenvalue weighted by atomic mass is 10.0. The molecule has 0 saturated carbocycles. The molecule has 0 amide bonds. The summed E-state index contributed by atoms with van der Waals surface area (Å²) in [6.07, 6.45) is 0.351. The van der Waals surface area contributed by atoms with Crippen LogP contribution in [0.5, 0.6) is 0 Å². The number of benzene rings is 3. The van der Waals surface area contributed by atoms with Crippen LogP contribution in [0.15, 0.2) is 91.0 Å². The van der Waals surface area contributed by atoms with Crippen LogP contribution >= 0.6 is 0 Å². The normalized spacial score (nSPS) is 17.2. The maximum atomic E-state index is 13.4. The molecule has 1 fully saturated rings. The van der Waals surface area contributed by atoms with E-state index in [-0.39, 0.29) is 11.4 Å². The molecular weight excluding hydrogens is 428 g/mol. The summed E-state index contributed by atoms with van der Waals surface area (Å²) in [7, 11) is 0. The van der Waals surface area contributed by atoms with Crippen LogP contribution in [0.3, 0.4) is 0 Å². The Morgan fingerprint density at radius 1 is 0.727 bits per heavy atom. The van der Waals surface area contributed by atoms with Gasteiger partial charge in [0.15, 0.2) is 5.25 Å². The van der Waals surface area contributed by atoms with E-state index >= 15 is 0 Å². The van der Waals surface area contributed by atoms with Gasteiger partial charge in [-0.15, -0.1) is 0 Å². The van der Waals surface area contributed by atoms with Gasteiger partial charge in [-0.1, -0.05) is 91.0 Å². The maximum Gasteiger partial charge on any atom is 0.165 e. The van der Waals surface area contributed by atoms with Crippen molar-refractivity contribution in [3.8, 4) is 0 Å². The molecule has 0 aliphatic carbocycles. The van der Waals surface area contributed by atoms with Gasteiger partial charge >= 0.3 is 0 Å². The molecule has 4 nitrogen and oxygen atoms in total. The molecule has 0 bridgehead atoms. The minimum atomic E-state index is -0.997. The number of aliphatic hydroxyl groups is 1. The van der Waals surface area contributed by atoms with Crippen LogP contribution in [0.1, 0.15) is 21.9 Å². The Labute approximate surface area is 201 Å². The zero-order chi connectivity index (χ0) is 22.9. The fraction of sp³-hybridized carbons (Fsp3) is 0.357. The monoisotopic (exact) mass is 462 g/mol. The van der Waals surface area contributed by atoms with Crippen LogP contribution in [0, 0.1) is 0 Å². The first kappa shape index (κ1) is 24.0. The Morgan fingerprint density at radius 2 is 1.21 bits per heavy atom. The van der Waals surface area contributed by atoms with Crippen molar-refractivity contribution in [1.29, 1.82) is 0 Å². The molecule has 1 N–H and O–H groups in total. The van der Waals surface area contributed by atoms with Crippen LogP contribution < -0.4 is 0 Å². The van der Waals surface area contributed by atoms with Crippen molar-refractivity contribution in [3.05, 3.63) is 108 Å². The van der Waals surface area contributed by atoms with Gasteiger partial charge in [-0.2, -0.15) is 0 Å². The van der Waals surface area contributed by atoms with Crippen molar-refractivity contribution in [2.75, 3.05) is 45.0 Å². The largest absolute Gasteiger partial charge is 0.616 e. The van der Waals surface area contributed by atoms with E-state index in [1.165, 1.54) is 5.56 Å². The van der Waals surface area contributed by atoms with Gasteiger partial charge in [0.1, 0.15) is 5.75 Å². The summed E-state index contributed by atoms with van der Waals surface area (Å²) in [6.45, 7) is 5.34. The summed E-state index contributed by atoms with van der Waals surface area (Å²) in [4.78, 5) is 4.75. The number of piperazine rings is 1. The smallest absolute Gasteiger partial charge is 0.165 e. The van der Waals surface area contributed by atoms with Crippen LogP contribution in [0.2, 0.25) is 0 Å². The van der Waals surface area contributed by atoms with E-state index < -0.39 is 11.2 Å². The van der Waals surface area contributed by atoms with Gasteiger partial charge in [0.2, 0.25) is 0 Å². The zero-order valence-electron chi connectivity index (χ0n) is 19.1. The van der Waals surface area contributed by atoms with E-state index in [0.29, 0.717) is 18.7 Å². The number of nitrogens with zero attached hydrogens (tertiary/aromatic N) is 2. The molecule has 4 rings (SSSR count). The second-order valence-corrected chi connectivity index (χ2v) is 10.4. The molecule has 1 saturated heterocycles. The predicted octanol–water partition coefficient (Wildman–Crippen LogP) is 3.75. The molecule has 1 heterocycles. The second kappa shape index (κ2) is 12.4. The van der Waals surface area contributed by atoms with Crippen LogP contribution in [0.25, 0.3) is 0 Å². The average molecular weight is 463 g/mol. The van der Waals surface area contributed by atoms with Crippen molar-refractivity contribution in [1.82, 2.24) is 9.80 Å². The lowest BCUT2D eigenvalue weighted by Gasteiger charge is -2.36. The molecule has 3 aromatic carbocycles. The van der Waals surface area contributed by atoms with Gasteiger partial charge < -0.3 is 9.66 Å². The molecule has 174 valence electrons. The molecule has 0 aromatic heterocycles. The van der Waals surface area contributed by atoms with Crippen LogP contribution in [-0.2, 0) is 17.6 Å². The summed E-state index contributed by atoms with van der Waals surface area (Å²) in [5, 5.41) is 10.4. The van der Waals surface area contributed by atoms with Crippen molar-refractivity contribution < 1.29 is 9.66 Å². The molecule has 2 atom stereocenters. The second-order valence-electron chi connectivity index (χ2n) is 8.77. The number of hydrogen-bond acceptors (Lipinski definition) is 4. The van der Waals surface area contributed by atoms with Crippen molar-refractivity contribution in [2.45, 2.75) is 17.8 Å². The Morgan fingerprint density at radius 3 is 1.76 bits per heavy atom. The van der Waals surface area contributed by atoms with Crippen molar-refractivity contribution in [3.63, 3.8) is 0 Å². The lowest BCUT2D eigenvalue weighted by Crippen LogP contribution is -2.49. The molecule has 3 aromatic rings. The van der Waals surface area contributed by atoms with Gasteiger partial charge in [0.05, 0.1) is 6.10 Å². The maximum absolute atomic E-state index is 13.4. The van der Waals surface area contributed by atoms with Crippen LogP contribution in [-0.4, -0.2) is 70.6 Å². The summed E-state index contributed by atoms with van der Waals surface area (Å²) >= 11 is -0.997. The Kier molecular flexibility index (Phi) is 8.98. The SMILES string of the molecule is [O-][S+](CCN1CCN(CC(O)Cc2ccccc2)CC1)C(c1ccccc1)c1ccccc1. The molecule has 1 aliphatic rings. The molecular formula is C28H34N2O2S. The van der Waals surface area contributed by atoms with E-state index in [1.54, 1.807) is 0 Å². The number of β-amino-alcohol motifs (C(OH)–C–C–N with tert-alkyl or cyclic N) is 1. The summed E-state index contributed by atoms with van der Waals surface area (Å²) in [5.74, 6) is 0.658. The topological polar surface area (TPSA) is 49.8 Å². The first-order valence-corrected chi connectivity index (χ1v) is 13.2. The highest BCUT2D eigenvalue weighted by Gasteiger charge is 2.28. The van der Waals surface area contributed by atoms with E-state index in [9.17, 15) is 9.66 Å². The highest BCUT2D eigenvalue weighted by molar-refractivity contribution is 7.91. The quantitative estimate of drug-likeness (QED) is 0.466. The van der Waals surface area contributed by atoms with Gasteiger partial charge in [0, 0.05) is 50.4 Å². The number of hydrogen-bond donors (Lipinski definition) is 1. The highest BCUT2D eigenvalue weighted by Crippen LogP contribution is 2.30. The van der Waals surface area contributed by atoms with Crippen molar-refractivity contribution >= 4 is 11.2 Å². The zero-order valence-corrected chi connectivity index (χ0v) is 19.9. The molecule has 1 aliphatic heterocycles. The van der Waals surface area contributed by atoms with Gasteiger partial charge in [-0.05, 0) is 23.2 Å². The average Bonchev–Trinajstić information content (AvgIpc) is 2.86. The fourth-order valence-electron chi connectivity index (χ4n) is 4.53. The van der Waals surface area contributed by atoms with Crippen molar-refractivity contribution in [2.24, 2.45) is 0 Å². The third kappa shape index (κ3) is 7.16. The first-order valence-electron chi connectivity index (χ1n) is 11.8. The predicted molar refractivity (Wildman–Crippen MR) is 137 cm³/mol. The third-order valence-corrected chi connectivity index (χ3v) is 7.98. The van der Waals surface area contributed by atoms with Gasteiger partial charge in [-0.25, -0.2) is 0 Å². The number of rotatable bonds is 10. The Balaban J connectivity index is 1.25. The Hall–Kier alpha value is -2.15. The molecule has 33 heavy (non-hydrogen) atoms. The minimum absolute atomic E-state index is 0.0955. The van der Waals surface area contributed by atoms with Crippen LogP contribution in [0.4, 0.5) is 0 Å². The first-order chi connectivity index (χ1) is 16.2. The van der Waals surface area contributed by atoms with E-state index in [2.05, 4.69) is 46.2 Å². The Bertz CT molecular complexity index is 894. The summed E-state index contributed by atoms with van der Waals surface area (Å²) < 4.78 is 13.4. The minimum Gasteiger partial charge on any atom is -0.616 e. The lowest BCUT2D eigenvalue weighted by molar-refractivity contribution is 0.0749. The molecule has 0 radical (unpaired) electrons.